The van der Waals surface area contributed by atoms with Crippen molar-refractivity contribution >= 4 is 0 Å². The first-order chi connectivity index (χ1) is 7.53. The number of hydrogen-bond donors (Lipinski definition) is 1. The van der Waals surface area contributed by atoms with E-state index in [1.54, 1.807) is 0 Å². The smallest absolute Gasteiger partial charge is 0.0671 e. The molecule has 96 valence electrons. The molecule has 2 atom stereocenters. The summed E-state index contributed by atoms with van der Waals surface area (Å²) in [6, 6.07) is 0.713. The van der Waals surface area contributed by atoms with E-state index in [0.29, 0.717) is 17.6 Å². The maximum atomic E-state index is 5.54. The molecule has 2 unspecified atom stereocenters. The van der Waals surface area contributed by atoms with E-state index in [1.807, 2.05) is 0 Å². The van der Waals surface area contributed by atoms with Gasteiger partial charge in [-0.2, -0.15) is 0 Å². The normalized spacial score (nSPS) is 27.4. The molecule has 0 heterocycles. The number of ether oxygens (including phenoxy) is 1. The van der Waals surface area contributed by atoms with Crippen molar-refractivity contribution in [3.05, 3.63) is 0 Å². The predicted octanol–water partition coefficient (Wildman–Crippen LogP) is 3.36. The third-order valence-electron chi connectivity index (χ3n) is 3.72. The Balaban J connectivity index is 2.22. The third-order valence-corrected chi connectivity index (χ3v) is 3.72. The summed E-state index contributed by atoms with van der Waals surface area (Å²) in [5.41, 5.74) is 0.558. The minimum Gasteiger partial charge on any atom is -0.377 e. The van der Waals surface area contributed by atoms with E-state index >= 15 is 0 Å². The lowest BCUT2D eigenvalue weighted by Crippen LogP contribution is -2.35. The SMILES string of the molecule is CCOC(C)CNC1CCCC(C)(C)CC1. The van der Waals surface area contributed by atoms with Gasteiger partial charge in [0.25, 0.3) is 0 Å². The van der Waals surface area contributed by atoms with Gasteiger partial charge >= 0.3 is 0 Å². The van der Waals surface area contributed by atoms with Crippen molar-refractivity contribution in [1.29, 1.82) is 0 Å². The van der Waals surface area contributed by atoms with Crippen LogP contribution in [0, 0.1) is 5.41 Å². The van der Waals surface area contributed by atoms with Crippen LogP contribution in [-0.4, -0.2) is 25.3 Å². The van der Waals surface area contributed by atoms with Gasteiger partial charge in [0.1, 0.15) is 0 Å². The van der Waals surface area contributed by atoms with E-state index in [2.05, 4.69) is 33.0 Å². The summed E-state index contributed by atoms with van der Waals surface area (Å²) in [5, 5.41) is 3.66. The molecular formula is C14H29NO. The summed E-state index contributed by atoms with van der Waals surface area (Å²) in [6.45, 7) is 10.8. The van der Waals surface area contributed by atoms with Crippen LogP contribution in [-0.2, 0) is 4.74 Å². The number of hydrogen-bond acceptors (Lipinski definition) is 2. The molecule has 0 spiro atoms. The highest BCUT2D eigenvalue weighted by molar-refractivity contribution is 4.79. The van der Waals surface area contributed by atoms with Gasteiger partial charge in [-0.15, -0.1) is 0 Å². The minimum absolute atomic E-state index is 0.348. The van der Waals surface area contributed by atoms with Gasteiger partial charge < -0.3 is 10.1 Å². The van der Waals surface area contributed by atoms with E-state index in [1.165, 1.54) is 32.1 Å². The highest BCUT2D eigenvalue weighted by atomic mass is 16.5. The molecule has 0 bridgehead atoms. The molecule has 1 N–H and O–H groups in total. The predicted molar refractivity (Wildman–Crippen MR) is 69.7 cm³/mol. The molecule has 1 rings (SSSR count). The molecule has 1 aliphatic rings. The van der Waals surface area contributed by atoms with Crippen molar-refractivity contribution in [2.45, 2.75) is 71.9 Å². The first-order valence-electron chi connectivity index (χ1n) is 6.88. The molecule has 16 heavy (non-hydrogen) atoms. The van der Waals surface area contributed by atoms with Gasteiger partial charge in [0.05, 0.1) is 6.10 Å². The summed E-state index contributed by atoms with van der Waals surface area (Å²) in [7, 11) is 0. The lowest BCUT2D eigenvalue weighted by atomic mass is 9.85. The van der Waals surface area contributed by atoms with Gasteiger partial charge in [-0.1, -0.05) is 20.3 Å². The maximum absolute atomic E-state index is 5.54. The zero-order valence-electron chi connectivity index (χ0n) is 11.5. The van der Waals surface area contributed by atoms with E-state index in [4.69, 9.17) is 4.74 Å². The molecule has 2 nitrogen and oxygen atoms in total. The van der Waals surface area contributed by atoms with E-state index < -0.39 is 0 Å². The van der Waals surface area contributed by atoms with Crippen LogP contribution in [0.4, 0.5) is 0 Å². The summed E-state index contributed by atoms with van der Waals surface area (Å²) < 4.78 is 5.54. The molecule has 0 aliphatic heterocycles. The minimum atomic E-state index is 0.348. The van der Waals surface area contributed by atoms with Gasteiger partial charge in [-0.25, -0.2) is 0 Å². The van der Waals surface area contributed by atoms with Gasteiger partial charge in [0, 0.05) is 19.2 Å². The lowest BCUT2D eigenvalue weighted by molar-refractivity contribution is 0.0734. The Morgan fingerprint density at radius 3 is 2.75 bits per heavy atom. The highest BCUT2D eigenvalue weighted by Crippen LogP contribution is 2.33. The summed E-state index contributed by atoms with van der Waals surface area (Å²) in [6.07, 6.45) is 7.11. The molecule has 0 aromatic heterocycles. The average Bonchev–Trinajstić information content (AvgIpc) is 2.37. The molecular weight excluding hydrogens is 198 g/mol. The third kappa shape index (κ3) is 5.31. The molecule has 2 heteroatoms. The van der Waals surface area contributed by atoms with Crippen LogP contribution in [0.25, 0.3) is 0 Å². The molecule has 0 aromatic rings. The molecule has 0 radical (unpaired) electrons. The zero-order chi connectivity index (χ0) is 12.0. The molecule has 0 amide bonds. The fourth-order valence-corrected chi connectivity index (χ4v) is 2.54. The molecule has 0 saturated heterocycles. The van der Waals surface area contributed by atoms with Crippen LogP contribution < -0.4 is 5.32 Å². The topological polar surface area (TPSA) is 21.3 Å². The van der Waals surface area contributed by atoms with Crippen LogP contribution in [0.2, 0.25) is 0 Å². The quantitative estimate of drug-likeness (QED) is 0.727. The molecule has 1 fully saturated rings. The second kappa shape index (κ2) is 6.61. The van der Waals surface area contributed by atoms with Gasteiger partial charge in [-0.05, 0) is 44.9 Å². The highest BCUT2D eigenvalue weighted by Gasteiger charge is 2.24. The number of rotatable bonds is 5. The second-order valence-electron chi connectivity index (χ2n) is 5.97. The van der Waals surface area contributed by atoms with Gasteiger partial charge in [0.2, 0.25) is 0 Å². The fraction of sp³-hybridized carbons (Fsp3) is 1.00. The van der Waals surface area contributed by atoms with Crippen LogP contribution in [0.15, 0.2) is 0 Å². The molecule has 1 saturated carbocycles. The first kappa shape index (κ1) is 14.0. The Hall–Kier alpha value is -0.0800. The molecule has 0 aromatic carbocycles. The van der Waals surface area contributed by atoms with Crippen molar-refractivity contribution in [1.82, 2.24) is 5.32 Å². The van der Waals surface area contributed by atoms with Crippen molar-refractivity contribution in [2.75, 3.05) is 13.2 Å². The lowest BCUT2D eigenvalue weighted by Gasteiger charge is -2.22. The maximum Gasteiger partial charge on any atom is 0.0671 e. The monoisotopic (exact) mass is 227 g/mol. The van der Waals surface area contributed by atoms with E-state index in [9.17, 15) is 0 Å². The van der Waals surface area contributed by atoms with Crippen LogP contribution in [0.3, 0.4) is 0 Å². The Morgan fingerprint density at radius 1 is 1.31 bits per heavy atom. The number of nitrogens with one attached hydrogen (secondary N) is 1. The summed E-state index contributed by atoms with van der Waals surface area (Å²) in [5.74, 6) is 0. The zero-order valence-corrected chi connectivity index (χ0v) is 11.5. The van der Waals surface area contributed by atoms with Crippen molar-refractivity contribution in [3.8, 4) is 0 Å². The van der Waals surface area contributed by atoms with Gasteiger partial charge in [0.15, 0.2) is 0 Å². The average molecular weight is 227 g/mol. The summed E-state index contributed by atoms with van der Waals surface area (Å²) in [4.78, 5) is 0. The van der Waals surface area contributed by atoms with E-state index in [-0.39, 0.29) is 0 Å². The Morgan fingerprint density at radius 2 is 2.06 bits per heavy atom. The fourth-order valence-electron chi connectivity index (χ4n) is 2.54. The Labute approximate surface area is 101 Å². The largest absolute Gasteiger partial charge is 0.377 e. The molecule has 1 aliphatic carbocycles. The first-order valence-corrected chi connectivity index (χ1v) is 6.88. The Kier molecular flexibility index (Phi) is 5.77. The Bertz CT molecular complexity index is 191. The second-order valence-corrected chi connectivity index (χ2v) is 5.97. The van der Waals surface area contributed by atoms with Crippen molar-refractivity contribution in [2.24, 2.45) is 5.41 Å². The van der Waals surface area contributed by atoms with Crippen molar-refractivity contribution < 1.29 is 4.74 Å². The van der Waals surface area contributed by atoms with Gasteiger partial charge in [-0.3, -0.25) is 0 Å². The van der Waals surface area contributed by atoms with Crippen LogP contribution in [0.5, 0.6) is 0 Å². The standard InChI is InChI=1S/C14H29NO/c1-5-16-12(2)11-15-13-7-6-9-14(3,4)10-8-13/h12-13,15H,5-11H2,1-4H3. The van der Waals surface area contributed by atoms with E-state index in [0.717, 1.165) is 13.2 Å². The summed E-state index contributed by atoms with van der Waals surface area (Å²) >= 11 is 0. The van der Waals surface area contributed by atoms with Crippen molar-refractivity contribution in [3.63, 3.8) is 0 Å². The van der Waals surface area contributed by atoms with Crippen LogP contribution >= 0.6 is 0 Å². The van der Waals surface area contributed by atoms with Crippen LogP contribution in [0.1, 0.15) is 59.8 Å².